The standard InChI is InChI=1S/C17H21ClN2O3/c1-20(13-2-10-5-17(21)19-7-11(10)3-13)8-12-4-15-16(6-14(12)18)23-9-22-15/h4,6,10-11,13H,2-3,5,7-9H2,1H3,(H,19,21)/t10-,11+,13-/m0/s1. The van der Waals surface area contributed by atoms with Gasteiger partial charge in [-0.3, -0.25) is 9.69 Å². The fourth-order valence-electron chi connectivity index (χ4n) is 4.07. The number of carbonyl (C=O) groups is 1. The summed E-state index contributed by atoms with van der Waals surface area (Å²) in [6.07, 6.45) is 2.92. The summed E-state index contributed by atoms with van der Waals surface area (Å²) in [6, 6.07) is 4.32. The Morgan fingerprint density at radius 3 is 2.83 bits per heavy atom. The van der Waals surface area contributed by atoms with Gasteiger partial charge < -0.3 is 14.8 Å². The third-order valence-corrected chi connectivity index (χ3v) is 5.76. The van der Waals surface area contributed by atoms with Crippen molar-refractivity contribution in [2.24, 2.45) is 11.8 Å². The van der Waals surface area contributed by atoms with E-state index in [4.69, 9.17) is 21.1 Å². The quantitative estimate of drug-likeness (QED) is 0.921. The SMILES string of the molecule is CN(Cc1cc2c(cc1Cl)OCO2)[C@H]1C[C@H]2CC(=O)NC[C@H]2C1. The van der Waals surface area contributed by atoms with Crippen LogP contribution < -0.4 is 14.8 Å². The highest BCUT2D eigenvalue weighted by Crippen LogP contribution is 2.40. The lowest BCUT2D eigenvalue weighted by Gasteiger charge is -2.25. The van der Waals surface area contributed by atoms with Gasteiger partial charge in [-0.1, -0.05) is 11.6 Å². The average Bonchev–Trinajstić information content (AvgIpc) is 3.13. The maximum atomic E-state index is 11.6. The van der Waals surface area contributed by atoms with Gasteiger partial charge in [0, 0.05) is 36.6 Å². The fourth-order valence-corrected chi connectivity index (χ4v) is 4.29. The van der Waals surface area contributed by atoms with Crippen LogP contribution in [0.5, 0.6) is 11.5 Å². The van der Waals surface area contributed by atoms with E-state index < -0.39 is 0 Å². The van der Waals surface area contributed by atoms with Crippen molar-refractivity contribution in [3.8, 4) is 11.5 Å². The third-order valence-electron chi connectivity index (χ3n) is 5.41. The summed E-state index contributed by atoms with van der Waals surface area (Å²) in [5.74, 6) is 2.84. The van der Waals surface area contributed by atoms with E-state index in [1.807, 2.05) is 12.1 Å². The first-order valence-electron chi connectivity index (χ1n) is 8.15. The van der Waals surface area contributed by atoms with Gasteiger partial charge in [-0.25, -0.2) is 0 Å². The molecule has 23 heavy (non-hydrogen) atoms. The molecule has 3 atom stereocenters. The van der Waals surface area contributed by atoms with Gasteiger partial charge in [0.15, 0.2) is 11.5 Å². The Morgan fingerprint density at radius 1 is 1.26 bits per heavy atom. The normalized spacial score (nSPS) is 28.8. The number of halogens is 1. The van der Waals surface area contributed by atoms with E-state index in [-0.39, 0.29) is 12.7 Å². The van der Waals surface area contributed by atoms with Crippen LogP contribution in [0.1, 0.15) is 24.8 Å². The zero-order valence-corrected chi connectivity index (χ0v) is 13.9. The molecule has 5 nitrogen and oxygen atoms in total. The van der Waals surface area contributed by atoms with Crippen LogP contribution in [-0.4, -0.2) is 37.2 Å². The average molecular weight is 337 g/mol. The molecule has 0 spiro atoms. The molecule has 1 saturated heterocycles. The lowest BCUT2D eigenvalue weighted by atomic mass is 9.89. The lowest BCUT2D eigenvalue weighted by molar-refractivity contribution is -0.124. The first-order valence-corrected chi connectivity index (χ1v) is 8.53. The molecule has 0 bridgehead atoms. The summed E-state index contributed by atoms with van der Waals surface area (Å²) in [5, 5.41) is 3.71. The highest BCUT2D eigenvalue weighted by molar-refractivity contribution is 6.31. The highest BCUT2D eigenvalue weighted by atomic mass is 35.5. The molecule has 1 aromatic rings. The van der Waals surface area contributed by atoms with Crippen LogP contribution >= 0.6 is 11.6 Å². The van der Waals surface area contributed by atoms with Gasteiger partial charge in [0.25, 0.3) is 0 Å². The highest BCUT2D eigenvalue weighted by Gasteiger charge is 2.39. The van der Waals surface area contributed by atoms with Gasteiger partial charge in [-0.15, -0.1) is 0 Å². The van der Waals surface area contributed by atoms with Crippen molar-refractivity contribution in [1.29, 1.82) is 0 Å². The molecule has 2 fully saturated rings. The molecule has 6 heteroatoms. The van der Waals surface area contributed by atoms with E-state index in [0.29, 0.717) is 29.3 Å². The molecule has 2 aliphatic heterocycles. The lowest BCUT2D eigenvalue weighted by Crippen LogP contribution is -2.38. The second kappa shape index (κ2) is 5.87. The van der Waals surface area contributed by atoms with Gasteiger partial charge in [0.05, 0.1) is 0 Å². The smallest absolute Gasteiger partial charge is 0.231 e. The van der Waals surface area contributed by atoms with E-state index in [1.54, 1.807) is 0 Å². The second-order valence-electron chi connectivity index (χ2n) is 6.87. The largest absolute Gasteiger partial charge is 0.454 e. The minimum absolute atomic E-state index is 0.202. The van der Waals surface area contributed by atoms with Crippen molar-refractivity contribution >= 4 is 17.5 Å². The topological polar surface area (TPSA) is 50.8 Å². The van der Waals surface area contributed by atoms with Crippen molar-refractivity contribution in [2.45, 2.75) is 31.8 Å². The number of nitrogens with one attached hydrogen (secondary N) is 1. The number of amides is 1. The van der Waals surface area contributed by atoms with Crippen LogP contribution in [0.25, 0.3) is 0 Å². The van der Waals surface area contributed by atoms with E-state index in [1.165, 1.54) is 0 Å². The fraction of sp³-hybridized carbons (Fsp3) is 0.588. The van der Waals surface area contributed by atoms with Crippen molar-refractivity contribution in [2.75, 3.05) is 20.4 Å². The Hall–Kier alpha value is -1.46. The summed E-state index contributed by atoms with van der Waals surface area (Å²) in [6.45, 7) is 1.87. The van der Waals surface area contributed by atoms with Crippen molar-refractivity contribution in [1.82, 2.24) is 10.2 Å². The van der Waals surface area contributed by atoms with Crippen molar-refractivity contribution in [3.05, 3.63) is 22.7 Å². The second-order valence-corrected chi connectivity index (χ2v) is 7.27. The number of carbonyl (C=O) groups excluding carboxylic acids is 1. The van der Waals surface area contributed by atoms with Gasteiger partial charge in [0.1, 0.15) is 0 Å². The first-order chi connectivity index (χ1) is 11.1. The molecule has 0 radical (unpaired) electrons. The molecular formula is C17H21ClN2O3. The van der Waals surface area contributed by atoms with Crippen LogP contribution in [-0.2, 0) is 11.3 Å². The molecular weight excluding hydrogens is 316 g/mol. The molecule has 3 aliphatic rings. The summed E-state index contributed by atoms with van der Waals surface area (Å²) in [4.78, 5) is 13.9. The Bertz CT molecular complexity index is 637. The number of piperidine rings is 1. The van der Waals surface area contributed by atoms with Crippen LogP contribution in [0.4, 0.5) is 0 Å². The molecule has 1 amide bonds. The number of rotatable bonds is 3. The minimum Gasteiger partial charge on any atom is -0.454 e. The van der Waals surface area contributed by atoms with E-state index in [9.17, 15) is 4.79 Å². The van der Waals surface area contributed by atoms with Crippen LogP contribution in [0.2, 0.25) is 5.02 Å². The zero-order chi connectivity index (χ0) is 16.0. The third kappa shape index (κ3) is 2.88. The predicted octanol–water partition coefficient (Wildman–Crippen LogP) is 2.42. The summed E-state index contributed by atoms with van der Waals surface area (Å²) < 4.78 is 10.8. The minimum atomic E-state index is 0.202. The zero-order valence-electron chi connectivity index (χ0n) is 13.2. The monoisotopic (exact) mass is 336 g/mol. The van der Waals surface area contributed by atoms with E-state index in [0.717, 1.165) is 43.0 Å². The molecule has 0 unspecified atom stereocenters. The molecule has 2 heterocycles. The number of hydrogen-bond donors (Lipinski definition) is 1. The molecule has 1 aromatic carbocycles. The predicted molar refractivity (Wildman–Crippen MR) is 86.7 cm³/mol. The van der Waals surface area contributed by atoms with Crippen LogP contribution in [0.3, 0.4) is 0 Å². The number of fused-ring (bicyclic) bond motifs is 2. The van der Waals surface area contributed by atoms with Gasteiger partial charge in [0.2, 0.25) is 12.7 Å². The first kappa shape index (κ1) is 15.1. The van der Waals surface area contributed by atoms with Crippen molar-refractivity contribution < 1.29 is 14.3 Å². The summed E-state index contributed by atoms with van der Waals surface area (Å²) in [5.41, 5.74) is 1.06. The molecule has 4 rings (SSSR count). The van der Waals surface area contributed by atoms with E-state index >= 15 is 0 Å². The Balaban J connectivity index is 1.44. The number of benzene rings is 1. The van der Waals surface area contributed by atoms with E-state index in [2.05, 4.69) is 17.3 Å². The summed E-state index contributed by atoms with van der Waals surface area (Å²) in [7, 11) is 2.14. The van der Waals surface area contributed by atoms with Crippen LogP contribution in [0.15, 0.2) is 12.1 Å². The molecule has 0 aromatic heterocycles. The van der Waals surface area contributed by atoms with Gasteiger partial charge in [-0.2, -0.15) is 0 Å². The Labute approximate surface area is 140 Å². The number of nitrogens with zero attached hydrogens (tertiary/aromatic N) is 1. The maximum absolute atomic E-state index is 11.6. The number of ether oxygens (including phenoxy) is 2. The molecule has 1 saturated carbocycles. The molecule has 1 N–H and O–H groups in total. The summed E-state index contributed by atoms with van der Waals surface area (Å²) >= 11 is 6.38. The molecule has 1 aliphatic carbocycles. The van der Waals surface area contributed by atoms with Crippen LogP contribution in [0, 0.1) is 11.8 Å². The maximum Gasteiger partial charge on any atom is 0.231 e. The van der Waals surface area contributed by atoms with Crippen molar-refractivity contribution in [3.63, 3.8) is 0 Å². The van der Waals surface area contributed by atoms with Gasteiger partial charge >= 0.3 is 0 Å². The Morgan fingerprint density at radius 2 is 2.00 bits per heavy atom. The number of hydrogen-bond acceptors (Lipinski definition) is 4. The van der Waals surface area contributed by atoms with Gasteiger partial charge in [-0.05, 0) is 43.4 Å². The Kier molecular flexibility index (Phi) is 3.85. The molecule has 124 valence electrons.